The largest absolute Gasteiger partial charge is 0.377 e. The summed E-state index contributed by atoms with van der Waals surface area (Å²) in [5.74, 6) is 2.71. The van der Waals surface area contributed by atoms with Crippen molar-refractivity contribution in [3.05, 3.63) is 0 Å². The van der Waals surface area contributed by atoms with Crippen molar-refractivity contribution in [1.82, 2.24) is 5.32 Å². The fourth-order valence-electron chi connectivity index (χ4n) is 5.27. The molecule has 0 amide bonds. The van der Waals surface area contributed by atoms with Crippen LogP contribution in [0.1, 0.15) is 85.0 Å². The lowest BCUT2D eigenvalue weighted by atomic mass is 9.67. The lowest BCUT2D eigenvalue weighted by Gasteiger charge is -2.38. The first-order valence-electron chi connectivity index (χ1n) is 10.4. The molecular formula is C21H39NO. The van der Waals surface area contributed by atoms with Gasteiger partial charge in [0.25, 0.3) is 0 Å². The van der Waals surface area contributed by atoms with Crippen LogP contribution >= 0.6 is 0 Å². The van der Waals surface area contributed by atoms with E-state index in [2.05, 4.69) is 26.1 Å². The minimum atomic E-state index is 0.488. The van der Waals surface area contributed by atoms with Gasteiger partial charge in [-0.05, 0) is 68.1 Å². The molecule has 1 aliphatic heterocycles. The van der Waals surface area contributed by atoms with Gasteiger partial charge in [0.1, 0.15) is 0 Å². The molecule has 0 spiro atoms. The molecule has 0 aromatic carbocycles. The maximum atomic E-state index is 6.14. The highest BCUT2D eigenvalue weighted by atomic mass is 16.5. The number of hydrogen-bond acceptors (Lipinski definition) is 2. The smallest absolute Gasteiger partial charge is 0.0703 e. The van der Waals surface area contributed by atoms with Gasteiger partial charge < -0.3 is 10.1 Å². The van der Waals surface area contributed by atoms with Gasteiger partial charge in [-0.15, -0.1) is 0 Å². The Morgan fingerprint density at radius 1 is 0.870 bits per heavy atom. The molecule has 1 N–H and O–H groups in total. The minimum Gasteiger partial charge on any atom is -0.377 e. The molecule has 2 atom stereocenters. The van der Waals surface area contributed by atoms with E-state index in [9.17, 15) is 0 Å². The van der Waals surface area contributed by atoms with E-state index in [1.165, 1.54) is 64.2 Å². The first-order valence-corrected chi connectivity index (χ1v) is 10.4. The first-order chi connectivity index (χ1) is 11.0. The Morgan fingerprint density at radius 3 is 2.22 bits per heavy atom. The zero-order valence-corrected chi connectivity index (χ0v) is 15.8. The Hall–Kier alpha value is -0.0800. The number of hydrogen-bond donors (Lipinski definition) is 1. The Morgan fingerprint density at radius 2 is 1.57 bits per heavy atom. The third-order valence-corrected chi connectivity index (χ3v) is 7.01. The Labute approximate surface area is 144 Å². The summed E-state index contributed by atoms with van der Waals surface area (Å²) < 4.78 is 6.14. The van der Waals surface area contributed by atoms with Gasteiger partial charge in [-0.1, -0.05) is 40.0 Å². The molecule has 3 rings (SSSR count). The lowest BCUT2D eigenvalue weighted by Crippen LogP contribution is -2.36. The zero-order chi connectivity index (χ0) is 16.3. The van der Waals surface area contributed by atoms with Gasteiger partial charge >= 0.3 is 0 Å². The molecule has 23 heavy (non-hydrogen) atoms. The Kier molecular flexibility index (Phi) is 6.07. The van der Waals surface area contributed by atoms with Crippen molar-refractivity contribution in [3.8, 4) is 0 Å². The van der Waals surface area contributed by atoms with Gasteiger partial charge in [-0.25, -0.2) is 0 Å². The van der Waals surface area contributed by atoms with Crippen LogP contribution < -0.4 is 5.32 Å². The van der Waals surface area contributed by atoms with E-state index in [0.717, 1.165) is 36.9 Å². The van der Waals surface area contributed by atoms with Crippen LogP contribution in [0.5, 0.6) is 0 Å². The second-order valence-corrected chi connectivity index (χ2v) is 9.67. The molecular weight excluding hydrogens is 282 g/mol. The molecule has 0 aromatic rings. The van der Waals surface area contributed by atoms with Gasteiger partial charge in [0.05, 0.1) is 12.7 Å². The van der Waals surface area contributed by atoms with Crippen LogP contribution in [0.15, 0.2) is 0 Å². The van der Waals surface area contributed by atoms with Crippen LogP contribution in [0.4, 0.5) is 0 Å². The maximum Gasteiger partial charge on any atom is 0.0703 e. The van der Waals surface area contributed by atoms with E-state index in [0.29, 0.717) is 11.5 Å². The normalized spacial score (nSPS) is 37.2. The van der Waals surface area contributed by atoms with Crippen molar-refractivity contribution in [2.24, 2.45) is 23.2 Å². The Balaban J connectivity index is 1.36. The minimum absolute atomic E-state index is 0.488. The SMILES string of the molecule is CC(C)(C)C1CCC(C2COC(CNC3CCCCC3)C2)CC1. The molecule has 3 aliphatic rings. The maximum absolute atomic E-state index is 6.14. The highest BCUT2D eigenvalue weighted by molar-refractivity contribution is 4.87. The molecule has 134 valence electrons. The summed E-state index contributed by atoms with van der Waals surface area (Å²) in [6.45, 7) is 9.39. The number of nitrogens with one attached hydrogen (secondary N) is 1. The third kappa shape index (κ3) is 4.95. The molecule has 2 nitrogen and oxygen atoms in total. The standard InChI is InChI=1S/C21H39NO/c1-21(2,3)18-11-9-16(10-12-18)17-13-20(23-15-17)14-22-19-7-5-4-6-8-19/h16-20,22H,4-15H2,1-3H3. The van der Waals surface area contributed by atoms with Crippen LogP contribution in [0.2, 0.25) is 0 Å². The van der Waals surface area contributed by atoms with Crippen molar-refractivity contribution >= 4 is 0 Å². The molecule has 1 heterocycles. The van der Waals surface area contributed by atoms with E-state index in [1.807, 2.05) is 0 Å². The van der Waals surface area contributed by atoms with Gasteiger partial charge in [-0.3, -0.25) is 0 Å². The molecule has 1 saturated heterocycles. The van der Waals surface area contributed by atoms with Crippen molar-refractivity contribution in [2.75, 3.05) is 13.2 Å². The number of ether oxygens (including phenoxy) is 1. The summed E-state index contributed by atoms with van der Waals surface area (Å²) in [5, 5.41) is 3.79. The predicted octanol–water partition coefficient (Wildman–Crippen LogP) is 5.17. The molecule has 0 bridgehead atoms. The summed E-state index contributed by atoms with van der Waals surface area (Å²) in [6.07, 6.45) is 14.6. The second kappa shape index (κ2) is 7.87. The highest BCUT2D eigenvalue weighted by Crippen LogP contribution is 2.43. The van der Waals surface area contributed by atoms with Gasteiger partial charge in [0.2, 0.25) is 0 Å². The highest BCUT2D eigenvalue weighted by Gasteiger charge is 2.36. The van der Waals surface area contributed by atoms with Gasteiger partial charge in [0, 0.05) is 12.6 Å². The van der Waals surface area contributed by atoms with E-state index in [4.69, 9.17) is 4.74 Å². The summed E-state index contributed by atoms with van der Waals surface area (Å²) in [5.41, 5.74) is 0.504. The van der Waals surface area contributed by atoms with Crippen molar-refractivity contribution < 1.29 is 4.74 Å². The summed E-state index contributed by atoms with van der Waals surface area (Å²) >= 11 is 0. The van der Waals surface area contributed by atoms with Crippen LogP contribution in [-0.4, -0.2) is 25.3 Å². The fourth-order valence-corrected chi connectivity index (χ4v) is 5.27. The number of rotatable bonds is 4. The van der Waals surface area contributed by atoms with Crippen LogP contribution in [0.3, 0.4) is 0 Å². The first kappa shape index (κ1) is 17.7. The molecule has 2 unspecified atom stereocenters. The second-order valence-electron chi connectivity index (χ2n) is 9.67. The quantitative estimate of drug-likeness (QED) is 0.771. The van der Waals surface area contributed by atoms with E-state index >= 15 is 0 Å². The molecule has 0 aromatic heterocycles. The zero-order valence-electron chi connectivity index (χ0n) is 15.8. The molecule has 3 fully saturated rings. The average molecular weight is 322 g/mol. The molecule has 0 radical (unpaired) electrons. The predicted molar refractivity (Wildman–Crippen MR) is 97.6 cm³/mol. The summed E-state index contributed by atoms with van der Waals surface area (Å²) in [7, 11) is 0. The van der Waals surface area contributed by atoms with Crippen molar-refractivity contribution in [2.45, 2.75) is 97.1 Å². The van der Waals surface area contributed by atoms with Gasteiger partial charge in [-0.2, -0.15) is 0 Å². The van der Waals surface area contributed by atoms with E-state index in [1.54, 1.807) is 0 Å². The van der Waals surface area contributed by atoms with Crippen LogP contribution in [0, 0.1) is 23.2 Å². The van der Waals surface area contributed by atoms with Crippen molar-refractivity contribution in [3.63, 3.8) is 0 Å². The topological polar surface area (TPSA) is 21.3 Å². The Bertz CT molecular complexity index is 347. The summed E-state index contributed by atoms with van der Waals surface area (Å²) in [4.78, 5) is 0. The monoisotopic (exact) mass is 321 g/mol. The average Bonchev–Trinajstić information content (AvgIpc) is 3.02. The molecule has 2 saturated carbocycles. The fraction of sp³-hybridized carbons (Fsp3) is 1.00. The van der Waals surface area contributed by atoms with E-state index < -0.39 is 0 Å². The molecule has 2 aliphatic carbocycles. The summed E-state index contributed by atoms with van der Waals surface area (Å²) in [6, 6.07) is 0.772. The van der Waals surface area contributed by atoms with E-state index in [-0.39, 0.29) is 0 Å². The van der Waals surface area contributed by atoms with Crippen molar-refractivity contribution in [1.29, 1.82) is 0 Å². The van der Waals surface area contributed by atoms with Gasteiger partial charge in [0.15, 0.2) is 0 Å². The van der Waals surface area contributed by atoms with Crippen LogP contribution in [-0.2, 0) is 4.74 Å². The molecule has 2 heteroatoms. The lowest BCUT2D eigenvalue weighted by molar-refractivity contribution is 0.0873. The third-order valence-electron chi connectivity index (χ3n) is 7.01. The van der Waals surface area contributed by atoms with Crippen LogP contribution in [0.25, 0.3) is 0 Å².